The second kappa shape index (κ2) is 7.43. The smallest absolute Gasteiger partial charge is 0.332 e. The third kappa shape index (κ3) is 3.20. The molecule has 2 aromatic heterocycles. The lowest BCUT2D eigenvalue weighted by Crippen LogP contribution is -2.39. The number of ether oxygens (including phenoxy) is 1. The van der Waals surface area contributed by atoms with Gasteiger partial charge >= 0.3 is 5.69 Å². The largest absolute Gasteiger partial charge is 0.494 e. The molecule has 3 rings (SSSR count). The number of nitrogens with one attached hydrogen (secondary N) is 1. The van der Waals surface area contributed by atoms with Gasteiger partial charge in [0.2, 0.25) is 0 Å². The molecular formula is C19H22N4O3. The van der Waals surface area contributed by atoms with Gasteiger partial charge in [-0.3, -0.25) is 13.9 Å². The number of benzene rings is 1. The van der Waals surface area contributed by atoms with Crippen molar-refractivity contribution in [3.05, 3.63) is 56.5 Å². The van der Waals surface area contributed by atoms with Crippen LogP contribution in [0, 0.1) is 0 Å². The molecule has 0 aliphatic rings. The summed E-state index contributed by atoms with van der Waals surface area (Å²) in [4.78, 5) is 32.3. The molecule has 136 valence electrons. The van der Waals surface area contributed by atoms with Crippen LogP contribution in [0.3, 0.4) is 0 Å². The molecule has 2 heterocycles. The third-order valence-electron chi connectivity index (χ3n) is 4.14. The van der Waals surface area contributed by atoms with Gasteiger partial charge in [-0.05, 0) is 44.5 Å². The number of hydrogen-bond donors (Lipinski definition) is 1. The molecule has 0 bridgehead atoms. The molecule has 0 spiro atoms. The Bertz CT molecular complexity index is 1060. The minimum Gasteiger partial charge on any atom is -0.494 e. The molecule has 1 N–H and O–H groups in total. The summed E-state index contributed by atoms with van der Waals surface area (Å²) in [7, 11) is 0. The van der Waals surface area contributed by atoms with Crippen LogP contribution in [0.2, 0.25) is 0 Å². The van der Waals surface area contributed by atoms with Gasteiger partial charge in [0.1, 0.15) is 17.1 Å². The summed E-state index contributed by atoms with van der Waals surface area (Å²) in [6.45, 7) is 6.97. The fourth-order valence-corrected chi connectivity index (χ4v) is 2.84. The van der Waals surface area contributed by atoms with Gasteiger partial charge in [-0.25, -0.2) is 9.78 Å². The van der Waals surface area contributed by atoms with Crippen LogP contribution in [0.25, 0.3) is 23.3 Å². The highest BCUT2D eigenvalue weighted by molar-refractivity contribution is 5.75. The Balaban J connectivity index is 2.00. The summed E-state index contributed by atoms with van der Waals surface area (Å²) in [6.07, 6.45) is 3.68. The number of aryl methyl sites for hydroxylation is 1. The minimum atomic E-state index is -0.342. The summed E-state index contributed by atoms with van der Waals surface area (Å²) >= 11 is 0. The second-order valence-electron chi connectivity index (χ2n) is 5.73. The number of hydrogen-bond acceptors (Lipinski definition) is 4. The number of aromatic amines is 1. The molecular weight excluding hydrogens is 332 g/mol. The van der Waals surface area contributed by atoms with E-state index in [2.05, 4.69) is 9.97 Å². The molecule has 0 amide bonds. The molecule has 0 fully saturated rings. The van der Waals surface area contributed by atoms with E-state index in [1.165, 1.54) is 9.13 Å². The Morgan fingerprint density at radius 1 is 1.04 bits per heavy atom. The molecule has 7 nitrogen and oxygen atoms in total. The van der Waals surface area contributed by atoms with Crippen molar-refractivity contribution in [3.63, 3.8) is 0 Å². The SMILES string of the molecule is CCOc1ccc(/C=C/c2nc3c([nH]2)c(=O)n(CC)c(=O)n3CC)cc1. The van der Waals surface area contributed by atoms with Gasteiger partial charge in [0.05, 0.1) is 6.61 Å². The van der Waals surface area contributed by atoms with Gasteiger partial charge < -0.3 is 9.72 Å². The maximum absolute atomic E-state index is 12.5. The number of H-pyrrole nitrogens is 1. The predicted octanol–water partition coefficient (Wildman–Crippen LogP) is 2.50. The first-order valence-electron chi connectivity index (χ1n) is 8.73. The van der Waals surface area contributed by atoms with Crippen molar-refractivity contribution in [3.8, 4) is 5.75 Å². The monoisotopic (exact) mass is 354 g/mol. The zero-order valence-corrected chi connectivity index (χ0v) is 15.2. The first-order chi connectivity index (χ1) is 12.6. The minimum absolute atomic E-state index is 0.323. The molecule has 7 heteroatoms. The Kier molecular flexibility index (Phi) is 5.06. The molecule has 0 atom stereocenters. The predicted molar refractivity (Wildman–Crippen MR) is 103 cm³/mol. The Morgan fingerprint density at radius 2 is 1.73 bits per heavy atom. The number of fused-ring (bicyclic) bond motifs is 1. The van der Waals surface area contributed by atoms with Crippen molar-refractivity contribution >= 4 is 23.3 Å². The van der Waals surface area contributed by atoms with E-state index in [1.54, 1.807) is 13.0 Å². The summed E-state index contributed by atoms with van der Waals surface area (Å²) in [5.74, 6) is 1.35. The lowest BCUT2D eigenvalue weighted by atomic mass is 10.2. The Labute approximate surface area is 150 Å². The summed E-state index contributed by atoms with van der Waals surface area (Å²) < 4.78 is 8.14. The standard InChI is InChI=1S/C19H22N4O3/c1-4-22-17-16(18(24)23(5-2)19(22)25)20-15(21-17)12-9-13-7-10-14(11-8-13)26-6-3/h7-12H,4-6H2,1-3H3,(H,20,21)/b12-9+. The van der Waals surface area contributed by atoms with E-state index in [0.29, 0.717) is 36.7 Å². The third-order valence-corrected chi connectivity index (χ3v) is 4.14. The number of aromatic nitrogens is 4. The second-order valence-corrected chi connectivity index (χ2v) is 5.73. The van der Waals surface area contributed by atoms with Crippen LogP contribution in [0.1, 0.15) is 32.2 Å². The van der Waals surface area contributed by atoms with Crippen molar-refractivity contribution < 1.29 is 4.74 Å². The zero-order valence-electron chi connectivity index (χ0n) is 15.2. The van der Waals surface area contributed by atoms with Gasteiger partial charge in [0, 0.05) is 13.1 Å². The van der Waals surface area contributed by atoms with E-state index in [9.17, 15) is 9.59 Å². The zero-order chi connectivity index (χ0) is 18.7. The maximum atomic E-state index is 12.5. The molecule has 26 heavy (non-hydrogen) atoms. The van der Waals surface area contributed by atoms with Gasteiger partial charge in [0.15, 0.2) is 5.65 Å². The van der Waals surface area contributed by atoms with Crippen LogP contribution in [-0.2, 0) is 13.1 Å². The van der Waals surface area contributed by atoms with E-state index in [1.807, 2.05) is 44.2 Å². The quantitative estimate of drug-likeness (QED) is 0.737. The van der Waals surface area contributed by atoms with Crippen molar-refractivity contribution in [1.82, 2.24) is 19.1 Å². The van der Waals surface area contributed by atoms with Crippen LogP contribution in [0.15, 0.2) is 33.9 Å². The highest BCUT2D eigenvalue weighted by atomic mass is 16.5. The molecule has 0 aliphatic heterocycles. The van der Waals surface area contributed by atoms with E-state index in [4.69, 9.17) is 4.74 Å². The summed E-state index contributed by atoms with van der Waals surface area (Å²) in [6, 6.07) is 7.68. The van der Waals surface area contributed by atoms with Crippen molar-refractivity contribution in [2.24, 2.45) is 0 Å². The van der Waals surface area contributed by atoms with Crippen molar-refractivity contribution in [2.45, 2.75) is 33.9 Å². The number of nitrogens with zero attached hydrogens (tertiary/aromatic N) is 3. The lowest BCUT2D eigenvalue weighted by Gasteiger charge is -2.06. The fourth-order valence-electron chi connectivity index (χ4n) is 2.84. The fraction of sp³-hybridized carbons (Fsp3) is 0.316. The highest BCUT2D eigenvalue weighted by Crippen LogP contribution is 2.14. The van der Waals surface area contributed by atoms with E-state index in [-0.39, 0.29) is 11.2 Å². The normalized spacial score (nSPS) is 11.5. The van der Waals surface area contributed by atoms with Gasteiger partial charge in [0.25, 0.3) is 5.56 Å². The lowest BCUT2D eigenvalue weighted by molar-refractivity contribution is 0.340. The maximum Gasteiger partial charge on any atom is 0.332 e. The first-order valence-corrected chi connectivity index (χ1v) is 8.73. The molecule has 3 aromatic rings. The molecule has 0 radical (unpaired) electrons. The van der Waals surface area contributed by atoms with Crippen molar-refractivity contribution in [1.29, 1.82) is 0 Å². The van der Waals surface area contributed by atoms with E-state index < -0.39 is 0 Å². The molecule has 0 saturated carbocycles. The molecule has 0 saturated heterocycles. The van der Waals surface area contributed by atoms with Crippen LogP contribution < -0.4 is 16.0 Å². The van der Waals surface area contributed by atoms with Gasteiger partial charge in [-0.2, -0.15) is 0 Å². The number of rotatable bonds is 6. The number of imidazole rings is 1. The van der Waals surface area contributed by atoms with E-state index in [0.717, 1.165) is 11.3 Å². The molecule has 1 aromatic carbocycles. The average molecular weight is 354 g/mol. The average Bonchev–Trinajstić information content (AvgIpc) is 3.06. The Hall–Kier alpha value is -3.09. The van der Waals surface area contributed by atoms with E-state index >= 15 is 0 Å². The molecule has 0 aliphatic carbocycles. The van der Waals surface area contributed by atoms with Crippen molar-refractivity contribution in [2.75, 3.05) is 6.61 Å². The first kappa shape index (κ1) is 17.7. The summed E-state index contributed by atoms with van der Waals surface area (Å²) in [5.41, 5.74) is 1.04. The Morgan fingerprint density at radius 3 is 2.35 bits per heavy atom. The molecule has 0 unspecified atom stereocenters. The van der Waals surface area contributed by atoms with Crippen LogP contribution >= 0.6 is 0 Å². The van der Waals surface area contributed by atoms with Gasteiger partial charge in [-0.15, -0.1) is 0 Å². The highest BCUT2D eigenvalue weighted by Gasteiger charge is 2.14. The topological polar surface area (TPSA) is 81.9 Å². The van der Waals surface area contributed by atoms with Gasteiger partial charge in [-0.1, -0.05) is 18.2 Å². The van der Waals surface area contributed by atoms with Crippen LogP contribution in [0.5, 0.6) is 5.75 Å². The summed E-state index contributed by atoms with van der Waals surface area (Å²) in [5, 5.41) is 0. The van der Waals surface area contributed by atoms with Crippen LogP contribution in [-0.4, -0.2) is 25.7 Å². The van der Waals surface area contributed by atoms with Crippen LogP contribution in [0.4, 0.5) is 0 Å².